The second-order valence-electron chi connectivity index (χ2n) is 7.17. The predicted molar refractivity (Wildman–Crippen MR) is 109 cm³/mol. The molecule has 7 nitrogen and oxygen atoms in total. The summed E-state index contributed by atoms with van der Waals surface area (Å²) in [6.45, 7) is 0.747. The topological polar surface area (TPSA) is 95.0 Å². The van der Waals surface area contributed by atoms with Gasteiger partial charge >= 0.3 is 12.0 Å². The number of imide groups is 3. The number of fused-ring (bicyclic) bond motifs is 1. The summed E-state index contributed by atoms with van der Waals surface area (Å²) in [6, 6.07) is 19.6. The second-order valence-corrected chi connectivity index (χ2v) is 7.17. The first-order chi connectivity index (χ1) is 14.4. The largest absolute Gasteiger partial charge is 0.480 e. The zero-order valence-electron chi connectivity index (χ0n) is 16.1. The third kappa shape index (κ3) is 2.83. The van der Waals surface area contributed by atoms with Crippen LogP contribution in [0.25, 0.3) is 10.8 Å². The number of carbonyl (C=O) groups is 4. The lowest BCUT2D eigenvalue weighted by Crippen LogP contribution is -2.46. The summed E-state index contributed by atoms with van der Waals surface area (Å²) >= 11 is 0. The molecule has 0 radical (unpaired) electrons. The molecule has 0 bridgehead atoms. The number of urea groups is 1. The van der Waals surface area contributed by atoms with E-state index in [2.05, 4.69) is 0 Å². The first-order valence-corrected chi connectivity index (χ1v) is 9.31. The second kappa shape index (κ2) is 7.11. The Morgan fingerprint density at radius 3 is 2.23 bits per heavy atom. The number of benzene rings is 3. The molecule has 30 heavy (non-hydrogen) atoms. The quantitative estimate of drug-likeness (QED) is 0.534. The van der Waals surface area contributed by atoms with Crippen LogP contribution >= 0.6 is 0 Å². The van der Waals surface area contributed by atoms with Gasteiger partial charge in [0.25, 0.3) is 11.8 Å². The number of hydrogen-bond donors (Lipinski definition) is 1. The minimum absolute atomic E-state index is 0.197. The van der Waals surface area contributed by atoms with Crippen molar-refractivity contribution in [2.24, 2.45) is 0 Å². The fraction of sp³-hybridized carbons (Fsp3) is 0.130. The average Bonchev–Trinajstić information content (AvgIpc) is 2.94. The first-order valence-electron chi connectivity index (χ1n) is 9.31. The lowest BCUT2D eigenvalue weighted by molar-refractivity contribution is -0.139. The average molecular weight is 402 g/mol. The molecule has 0 saturated carbocycles. The van der Waals surface area contributed by atoms with Crippen LogP contribution in [0.5, 0.6) is 0 Å². The van der Waals surface area contributed by atoms with Gasteiger partial charge in [0.05, 0.1) is 0 Å². The molecular weight excluding hydrogens is 384 g/mol. The predicted octanol–water partition coefficient (Wildman–Crippen LogP) is 3.24. The Morgan fingerprint density at radius 2 is 1.53 bits per heavy atom. The Balaban J connectivity index is 1.84. The molecule has 1 fully saturated rings. The van der Waals surface area contributed by atoms with Crippen molar-refractivity contribution in [3.8, 4) is 0 Å². The number of carboxylic acids is 1. The van der Waals surface area contributed by atoms with Crippen molar-refractivity contribution < 1.29 is 24.3 Å². The molecule has 3 aromatic carbocycles. The number of nitrogens with zero attached hydrogens (tertiary/aromatic N) is 2. The van der Waals surface area contributed by atoms with Gasteiger partial charge in [-0.2, -0.15) is 4.90 Å². The minimum atomic E-state index is -1.61. The van der Waals surface area contributed by atoms with E-state index in [1.54, 1.807) is 54.6 Å². The molecule has 4 amide bonds. The van der Waals surface area contributed by atoms with Crippen molar-refractivity contribution >= 4 is 34.6 Å². The van der Waals surface area contributed by atoms with Crippen LogP contribution in [-0.4, -0.2) is 45.3 Å². The van der Waals surface area contributed by atoms with E-state index in [0.29, 0.717) is 15.8 Å². The maximum absolute atomic E-state index is 13.4. The number of carboxylic acid groups (broad SMARTS) is 1. The molecule has 0 aromatic heterocycles. The lowest BCUT2D eigenvalue weighted by Gasteiger charge is -2.30. The van der Waals surface area contributed by atoms with E-state index in [1.807, 2.05) is 18.2 Å². The molecular formula is C23H18N2O5. The number of carbonyl (C=O) groups excluding carboxylic acids is 3. The van der Waals surface area contributed by atoms with Gasteiger partial charge in [-0.1, -0.05) is 66.7 Å². The summed E-state index contributed by atoms with van der Waals surface area (Å²) in [5.74, 6) is -2.84. The maximum Gasteiger partial charge on any atom is 0.335 e. The third-order valence-corrected chi connectivity index (χ3v) is 5.43. The van der Waals surface area contributed by atoms with Gasteiger partial charge in [-0.3, -0.25) is 19.3 Å². The highest BCUT2D eigenvalue weighted by Gasteiger charge is 2.58. The summed E-state index contributed by atoms with van der Waals surface area (Å²) in [4.78, 5) is 52.8. The molecule has 1 N–H and O–H groups in total. The van der Waals surface area contributed by atoms with Crippen LogP contribution in [0.15, 0.2) is 72.8 Å². The molecule has 7 heteroatoms. The third-order valence-electron chi connectivity index (χ3n) is 5.43. The van der Waals surface area contributed by atoms with Crippen molar-refractivity contribution in [3.63, 3.8) is 0 Å². The zero-order chi connectivity index (χ0) is 21.5. The van der Waals surface area contributed by atoms with Gasteiger partial charge < -0.3 is 5.11 Å². The van der Waals surface area contributed by atoms with Gasteiger partial charge in [-0.05, 0) is 29.3 Å². The van der Waals surface area contributed by atoms with Gasteiger partial charge in [-0.25, -0.2) is 4.79 Å². The molecule has 1 aliphatic rings. The first kappa shape index (κ1) is 19.3. The fourth-order valence-corrected chi connectivity index (χ4v) is 3.85. The van der Waals surface area contributed by atoms with E-state index in [0.717, 1.165) is 10.3 Å². The number of hydrogen-bond acceptors (Lipinski definition) is 4. The highest BCUT2D eigenvalue weighted by molar-refractivity contribution is 6.24. The fourth-order valence-electron chi connectivity index (χ4n) is 3.85. The Kier molecular flexibility index (Phi) is 4.58. The molecule has 1 heterocycles. The van der Waals surface area contributed by atoms with Crippen LogP contribution in [0.3, 0.4) is 0 Å². The minimum Gasteiger partial charge on any atom is -0.480 e. The van der Waals surface area contributed by atoms with Crippen LogP contribution in [0.4, 0.5) is 4.79 Å². The Morgan fingerprint density at radius 1 is 0.900 bits per heavy atom. The highest BCUT2D eigenvalue weighted by atomic mass is 16.4. The molecule has 1 aliphatic heterocycles. The normalized spacial score (nSPS) is 18.8. The molecule has 0 spiro atoms. The Bertz CT molecular complexity index is 1190. The van der Waals surface area contributed by atoms with Gasteiger partial charge in [0.2, 0.25) is 0 Å². The van der Waals surface area contributed by atoms with Gasteiger partial charge in [0, 0.05) is 5.56 Å². The number of rotatable bonds is 4. The van der Waals surface area contributed by atoms with Gasteiger partial charge in [0.1, 0.15) is 12.1 Å². The van der Waals surface area contributed by atoms with E-state index in [4.69, 9.17) is 0 Å². The van der Waals surface area contributed by atoms with Crippen molar-refractivity contribution in [1.29, 1.82) is 0 Å². The van der Waals surface area contributed by atoms with Crippen molar-refractivity contribution in [2.45, 2.75) is 12.5 Å². The zero-order valence-corrected chi connectivity index (χ0v) is 16.1. The molecule has 150 valence electrons. The molecule has 1 atom stereocenters. The van der Waals surface area contributed by atoms with Crippen molar-refractivity contribution in [1.82, 2.24) is 9.80 Å². The smallest absolute Gasteiger partial charge is 0.335 e. The highest BCUT2D eigenvalue weighted by Crippen LogP contribution is 2.38. The SMILES string of the molecule is CC1(c2ccccc2)C(=O)N(C(=O)c2cccc3ccccc23)C(=O)N1CC(=O)O. The molecule has 3 aromatic rings. The van der Waals surface area contributed by atoms with E-state index >= 15 is 0 Å². The van der Waals surface area contributed by atoms with Crippen LogP contribution in [0, 0.1) is 0 Å². The summed E-state index contributed by atoms with van der Waals surface area (Å²) < 4.78 is 0. The molecule has 0 aliphatic carbocycles. The monoisotopic (exact) mass is 402 g/mol. The maximum atomic E-state index is 13.4. The van der Waals surface area contributed by atoms with E-state index in [9.17, 15) is 24.3 Å². The summed E-state index contributed by atoms with van der Waals surface area (Å²) in [6.07, 6.45) is 0. The van der Waals surface area contributed by atoms with E-state index < -0.39 is 35.9 Å². The van der Waals surface area contributed by atoms with Crippen molar-refractivity contribution in [2.75, 3.05) is 6.54 Å². The summed E-state index contributed by atoms with van der Waals surface area (Å²) in [5.41, 5.74) is -0.989. The van der Waals surface area contributed by atoms with Gasteiger partial charge in [-0.15, -0.1) is 0 Å². The van der Waals surface area contributed by atoms with E-state index in [1.165, 1.54) is 6.92 Å². The summed E-state index contributed by atoms with van der Waals surface area (Å²) in [7, 11) is 0. The van der Waals surface area contributed by atoms with Crippen LogP contribution in [0.1, 0.15) is 22.8 Å². The summed E-state index contributed by atoms with van der Waals surface area (Å²) in [5, 5.41) is 10.7. The standard InChI is InChI=1S/C23H18N2O5/c1-23(16-10-3-2-4-11-16)21(29)25(22(30)24(23)14-19(26)27)20(28)18-13-7-9-15-8-5-6-12-17(15)18/h2-13H,14H2,1H3,(H,26,27). The number of aliphatic carboxylic acids is 1. The van der Waals surface area contributed by atoms with Crippen LogP contribution in [-0.2, 0) is 15.1 Å². The molecule has 1 unspecified atom stereocenters. The lowest BCUT2D eigenvalue weighted by atomic mass is 9.90. The Labute approximate surface area is 172 Å². The number of amides is 4. The molecule has 1 saturated heterocycles. The molecule has 4 rings (SSSR count). The van der Waals surface area contributed by atoms with Crippen molar-refractivity contribution in [3.05, 3.63) is 83.9 Å². The van der Waals surface area contributed by atoms with Crippen LogP contribution in [0.2, 0.25) is 0 Å². The Hall–Kier alpha value is -4.00. The van der Waals surface area contributed by atoms with Gasteiger partial charge in [0.15, 0.2) is 0 Å². The van der Waals surface area contributed by atoms with Crippen LogP contribution < -0.4 is 0 Å². The van der Waals surface area contributed by atoms with E-state index in [-0.39, 0.29) is 5.56 Å².